The molecule has 2 heterocycles. The first-order chi connectivity index (χ1) is 24.6. The van der Waals surface area contributed by atoms with Crippen LogP contribution >= 0.6 is 23.2 Å². The molecular weight excluding hydrogens is 738 g/mol. The van der Waals surface area contributed by atoms with E-state index in [1.54, 1.807) is 36.4 Å². The van der Waals surface area contributed by atoms with Crippen LogP contribution in [0.1, 0.15) is 29.9 Å². The van der Waals surface area contributed by atoms with Crippen LogP contribution in [0.4, 0.5) is 33.3 Å². The summed E-state index contributed by atoms with van der Waals surface area (Å²) < 4.78 is 84.2. The molecule has 2 saturated heterocycles. The van der Waals surface area contributed by atoms with E-state index in [1.165, 1.54) is 26.4 Å². The lowest BCUT2D eigenvalue weighted by Gasteiger charge is -2.50. The molecule has 1 N–H and O–H groups in total. The Morgan fingerprint density at radius 1 is 0.827 bits per heavy atom. The van der Waals surface area contributed by atoms with Gasteiger partial charge in [-0.25, -0.2) is 26.9 Å². The number of phenolic OH excluding ortho intramolecular Hbond substituents is 1. The Morgan fingerprint density at radius 3 is 1.92 bits per heavy atom. The fourth-order valence-corrected chi connectivity index (χ4v) is 8.97. The van der Waals surface area contributed by atoms with E-state index >= 15 is 8.78 Å². The number of anilines is 2. The fourth-order valence-electron chi connectivity index (χ4n) is 8.03. The number of carbonyl (C=O) groups is 4. The summed E-state index contributed by atoms with van der Waals surface area (Å²) >= 11 is 14.3. The van der Waals surface area contributed by atoms with Gasteiger partial charge in [-0.15, -0.1) is 23.2 Å². The number of nitrogens with zero attached hydrogens (tertiary/aromatic N) is 2. The molecule has 2 aliphatic carbocycles. The molecule has 4 amide bonds. The smallest absolute Gasteiger partial charge is 0.258 e. The number of halogens is 7. The van der Waals surface area contributed by atoms with Crippen molar-refractivity contribution in [2.75, 3.05) is 24.0 Å². The van der Waals surface area contributed by atoms with Gasteiger partial charge in [0.2, 0.25) is 23.4 Å². The van der Waals surface area contributed by atoms with Gasteiger partial charge in [0.15, 0.2) is 44.5 Å². The summed E-state index contributed by atoms with van der Waals surface area (Å²) in [6.07, 6.45) is 2.39. The molecule has 6 unspecified atom stereocenters. The van der Waals surface area contributed by atoms with Crippen LogP contribution in [0, 0.1) is 46.8 Å². The normalized spacial score (nSPS) is 28.1. The number of hydrogen-bond donors (Lipinski definition) is 1. The van der Waals surface area contributed by atoms with Crippen LogP contribution in [-0.2, 0) is 19.2 Å². The Morgan fingerprint density at radius 2 is 1.38 bits per heavy atom. The van der Waals surface area contributed by atoms with E-state index in [4.69, 9.17) is 32.7 Å². The van der Waals surface area contributed by atoms with Crippen LogP contribution in [0.5, 0.6) is 17.2 Å². The third kappa shape index (κ3) is 4.46. The number of rotatable bonds is 6. The Labute approximate surface area is 301 Å². The summed E-state index contributed by atoms with van der Waals surface area (Å²) in [7, 11) is 2.39. The van der Waals surface area contributed by atoms with Gasteiger partial charge in [-0.2, -0.15) is 0 Å². The highest BCUT2D eigenvalue weighted by molar-refractivity contribution is 6.58. The summed E-state index contributed by atoms with van der Waals surface area (Å²) in [5.74, 6) is -22.7. The van der Waals surface area contributed by atoms with E-state index in [-0.39, 0.29) is 39.6 Å². The molecule has 270 valence electrons. The highest BCUT2D eigenvalue weighted by Crippen LogP contribution is 2.66. The standard InChI is InChI=1S/C36H25Cl2F5N2O7/c1-4-14-5-7-16(8-6-14)44-31(47)18-10-9-17-19(22(18)32(44)48)13-35(37)33(49)45(29-27(42)25(40)24(39)26(41)28(29)43)34(50)36(35,38)23(17)15-11-20(51-2)30(46)21(12-15)52-3/h4-9,11-12,18-19,22-23,46H,1,10,13H2,2-3H3. The zero-order chi connectivity index (χ0) is 37.8. The number of benzene rings is 3. The summed E-state index contributed by atoms with van der Waals surface area (Å²) in [4.78, 5) is 52.2. The second-order valence-electron chi connectivity index (χ2n) is 12.8. The van der Waals surface area contributed by atoms with Crippen LogP contribution in [-0.4, -0.2) is 52.7 Å². The predicted octanol–water partition coefficient (Wildman–Crippen LogP) is 6.52. The molecule has 0 aromatic heterocycles. The van der Waals surface area contributed by atoms with E-state index in [1.807, 2.05) is 0 Å². The summed E-state index contributed by atoms with van der Waals surface area (Å²) in [6, 6.07) is 8.84. The molecule has 52 heavy (non-hydrogen) atoms. The van der Waals surface area contributed by atoms with Crippen molar-refractivity contribution in [3.63, 3.8) is 0 Å². The van der Waals surface area contributed by atoms with Gasteiger partial charge in [-0.1, -0.05) is 36.4 Å². The number of methoxy groups -OCH3 is 2. The highest BCUT2D eigenvalue weighted by Gasteiger charge is 2.77. The zero-order valence-corrected chi connectivity index (χ0v) is 28.5. The van der Waals surface area contributed by atoms with Crippen LogP contribution in [0.2, 0.25) is 0 Å². The molecule has 3 fully saturated rings. The van der Waals surface area contributed by atoms with Gasteiger partial charge in [-0.3, -0.25) is 24.1 Å². The Balaban J connectivity index is 1.45. The van der Waals surface area contributed by atoms with Crippen LogP contribution in [0.25, 0.3) is 6.08 Å². The maximum Gasteiger partial charge on any atom is 0.258 e. The van der Waals surface area contributed by atoms with E-state index in [0.29, 0.717) is 5.56 Å². The topological polar surface area (TPSA) is 113 Å². The molecule has 2 aliphatic heterocycles. The van der Waals surface area contributed by atoms with E-state index in [2.05, 4.69) is 6.58 Å². The fraction of sp³-hybridized carbons (Fsp3) is 0.278. The number of allylic oxidation sites excluding steroid dienone is 2. The summed E-state index contributed by atoms with van der Waals surface area (Å²) in [6.45, 7) is 3.69. The first-order valence-electron chi connectivity index (χ1n) is 15.6. The molecule has 6 atom stereocenters. The minimum absolute atomic E-state index is 0.00465. The van der Waals surface area contributed by atoms with Gasteiger partial charge in [0.05, 0.1) is 31.7 Å². The van der Waals surface area contributed by atoms with Crippen molar-refractivity contribution in [1.82, 2.24) is 0 Å². The first-order valence-corrected chi connectivity index (χ1v) is 16.4. The maximum absolute atomic E-state index is 15.3. The molecule has 0 spiro atoms. The van der Waals surface area contributed by atoms with Crippen molar-refractivity contribution < 1.29 is 55.7 Å². The second-order valence-corrected chi connectivity index (χ2v) is 14.0. The summed E-state index contributed by atoms with van der Waals surface area (Å²) in [5, 5.41) is 10.7. The van der Waals surface area contributed by atoms with E-state index < -0.39 is 104 Å². The highest BCUT2D eigenvalue weighted by atomic mass is 35.5. The van der Waals surface area contributed by atoms with E-state index in [9.17, 15) is 37.5 Å². The first kappa shape index (κ1) is 35.5. The van der Waals surface area contributed by atoms with Crippen LogP contribution < -0.4 is 19.3 Å². The van der Waals surface area contributed by atoms with Crippen molar-refractivity contribution >= 4 is 64.3 Å². The van der Waals surface area contributed by atoms with Crippen molar-refractivity contribution in [3.05, 3.63) is 94.8 Å². The number of carbonyl (C=O) groups excluding carboxylic acids is 4. The predicted molar refractivity (Wildman–Crippen MR) is 177 cm³/mol. The average Bonchev–Trinajstić information content (AvgIpc) is 3.48. The molecule has 3 aromatic carbocycles. The monoisotopic (exact) mass is 762 g/mol. The van der Waals surface area contributed by atoms with Gasteiger partial charge in [0.1, 0.15) is 5.69 Å². The van der Waals surface area contributed by atoms with Gasteiger partial charge >= 0.3 is 0 Å². The van der Waals surface area contributed by atoms with Crippen molar-refractivity contribution in [2.24, 2.45) is 17.8 Å². The molecule has 9 nitrogen and oxygen atoms in total. The second kappa shape index (κ2) is 12.1. The third-order valence-electron chi connectivity index (χ3n) is 10.4. The van der Waals surface area contributed by atoms with Gasteiger partial charge in [0.25, 0.3) is 11.8 Å². The van der Waals surface area contributed by atoms with E-state index in [0.717, 1.165) is 4.90 Å². The van der Waals surface area contributed by atoms with Crippen molar-refractivity contribution in [3.8, 4) is 17.2 Å². The Hall–Kier alpha value is -4.95. The van der Waals surface area contributed by atoms with Crippen molar-refractivity contribution in [1.29, 1.82) is 0 Å². The lowest BCUT2D eigenvalue weighted by atomic mass is 9.56. The Kier molecular flexibility index (Phi) is 8.22. The zero-order valence-electron chi connectivity index (χ0n) is 27.0. The van der Waals surface area contributed by atoms with Gasteiger partial charge in [0, 0.05) is 5.92 Å². The molecule has 0 radical (unpaired) electrons. The number of aromatic hydroxyl groups is 1. The Bertz CT molecular complexity index is 2130. The number of fused-ring (bicyclic) bond motifs is 4. The van der Waals surface area contributed by atoms with Gasteiger partial charge in [-0.05, 0) is 54.2 Å². The average molecular weight is 763 g/mol. The quantitative estimate of drug-likeness (QED) is 0.0761. The number of ether oxygens (including phenoxy) is 2. The SMILES string of the molecule is C=Cc1ccc(N2C(=O)C3CC=C4C(CC5(Cl)C(=O)N(c6c(F)c(F)c(F)c(F)c6F)C(=O)C5(Cl)C4c4cc(OC)c(O)c(OC)c4)C3C2=O)cc1. The molecule has 16 heteroatoms. The van der Waals surface area contributed by atoms with Gasteiger partial charge < -0.3 is 14.6 Å². The molecule has 4 aliphatic rings. The third-order valence-corrected chi connectivity index (χ3v) is 11.9. The lowest BCUT2D eigenvalue weighted by molar-refractivity contribution is -0.125. The number of imide groups is 2. The number of amides is 4. The van der Waals surface area contributed by atoms with Crippen molar-refractivity contribution in [2.45, 2.75) is 28.5 Å². The largest absolute Gasteiger partial charge is 0.502 e. The minimum Gasteiger partial charge on any atom is -0.502 e. The molecule has 3 aromatic rings. The number of phenols is 1. The van der Waals surface area contributed by atoms with Crippen LogP contribution in [0.15, 0.2) is 54.6 Å². The lowest BCUT2D eigenvalue weighted by Crippen LogP contribution is -2.60. The maximum atomic E-state index is 15.3. The molecule has 0 bridgehead atoms. The minimum atomic E-state index is -2.76. The number of hydrogen-bond acceptors (Lipinski definition) is 7. The molecular formula is C36H25Cl2F5N2O7. The number of alkyl halides is 2. The molecule has 7 rings (SSSR count). The van der Waals surface area contributed by atoms with Crippen LogP contribution in [0.3, 0.4) is 0 Å². The molecule has 1 saturated carbocycles. The summed E-state index contributed by atoms with van der Waals surface area (Å²) in [5.41, 5.74) is -0.725.